The van der Waals surface area contributed by atoms with E-state index < -0.39 is 24.0 Å². The monoisotopic (exact) mass is 377 g/mol. The van der Waals surface area contributed by atoms with Crippen molar-refractivity contribution in [2.75, 3.05) is 6.61 Å². The van der Waals surface area contributed by atoms with Crippen molar-refractivity contribution in [3.63, 3.8) is 0 Å². The molecule has 0 aliphatic carbocycles. The summed E-state index contributed by atoms with van der Waals surface area (Å²) in [6, 6.07) is 5.99. The van der Waals surface area contributed by atoms with Crippen LogP contribution in [0.3, 0.4) is 0 Å². The van der Waals surface area contributed by atoms with Gasteiger partial charge in [0, 0.05) is 5.38 Å². The molecule has 2 aromatic rings. The molecule has 0 aliphatic rings. The van der Waals surface area contributed by atoms with Gasteiger partial charge in [-0.25, -0.2) is 4.98 Å². The molecule has 0 saturated heterocycles. The summed E-state index contributed by atoms with van der Waals surface area (Å²) in [5.74, 6) is -1.09. The molecule has 0 aliphatic heterocycles. The summed E-state index contributed by atoms with van der Waals surface area (Å²) in [5.41, 5.74) is -0.378. The Hall–Kier alpha value is -2.24. The van der Waals surface area contributed by atoms with Crippen LogP contribution < -0.4 is 5.32 Å². The van der Waals surface area contributed by atoms with Gasteiger partial charge in [-0.1, -0.05) is 19.9 Å². The fourth-order valence-corrected chi connectivity index (χ4v) is 3.51. The van der Waals surface area contributed by atoms with Gasteiger partial charge in [0.05, 0.1) is 23.1 Å². The molecule has 2 rings (SSSR count). The van der Waals surface area contributed by atoms with E-state index in [2.05, 4.69) is 16.4 Å². The molecule has 0 aromatic carbocycles. The van der Waals surface area contributed by atoms with Crippen LogP contribution in [-0.4, -0.2) is 29.0 Å². The number of hydrogen-bond acceptors (Lipinski definition) is 7. The van der Waals surface area contributed by atoms with Crippen LogP contribution in [0.2, 0.25) is 0 Å². The summed E-state index contributed by atoms with van der Waals surface area (Å²) in [6.45, 7) is 4.90. The minimum Gasteiger partial charge on any atom is -0.455 e. The van der Waals surface area contributed by atoms with Gasteiger partial charge in [-0.15, -0.1) is 22.7 Å². The second-order valence-corrected chi connectivity index (χ2v) is 7.78. The van der Waals surface area contributed by atoms with Gasteiger partial charge in [-0.05, 0) is 24.3 Å². The van der Waals surface area contributed by atoms with Crippen LogP contribution in [0.1, 0.15) is 26.5 Å². The Morgan fingerprint density at radius 3 is 2.80 bits per heavy atom. The lowest BCUT2D eigenvalue weighted by molar-refractivity contribution is -0.148. The van der Waals surface area contributed by atoms with Crippen LogP contribution in [0.4, 0.5) is 0 Å². The Balaban J connectivity index is 1.83. The highest BCUT2D eigenvalue weighted by Gasteiger charge is 2.30. The number of carbonyl (C=O) groups is 2. The van der Waals surface area contributed by atoms with Gasteiger partial charge in [0.2, 0.25) is 0 Å². The Labute approximate surface area is 154 Å². The first kappa shape index (κ1) is 19.1. The van der Waals surface area contributed by atoms with E-state index in [4.69, 9.17) is 4.74 Å². The molecule has 25 heavy (non-hydrogen) atoms. The second-order valence-electron chi connectivity index (χ2n) is 5.98. The fraction of sp³-hybridized carbons (Fsp3) is 0.412. The molecule has 2 aromatic heterocycles. The number of aromatic nitrogens is 1. The SMILES string of the molecule is CC(C)[C@@](C)(C#N)NC(=O)COC(=O)Cc1csc(-c2cccs2)n1. The van der Waals surface area contributed by atoms with Crippen LogP contribution in [0, 0.1) is 17.2 Å². The number of amides is 1. The molecular weight excluding hydrogens is 358 g/mol. The largest absolute Gasteiger partial charge is 0.455 e. The third-order valence-corrected chi connectivity index (χ3v) is 5.69. The van der Waals surface area contributed by atoms with E-state index in [0.29, 0.717) is 5.69 Å². The minimum atomic E-state index is -0.992. The Kier molecular flexibility index (Phi) is 6.28. The summed E-state index contributed by atoms with van der Waals surface area (Å²) in [7, 11) is 0. The average molecular weight is 377 g/mol. The van der Waals surface area contributed by atoms with Crippen molar-refractivity contribution in [1.29, 1.82) is 5.26 Å². The third-order valence-electron chi connectivity index (χ3n) is 3.76. The number of nitrogens with zero attached hydrogens (tertiary/aromatic N) is 2. The van der Waals surface area contributed by atoms with Gasteiger partial charge in [-0.3, -0.25) is 9.59 Å². The molecule has 0 bridgehead atoms. The van der Waals surface area contributed by atoms with E-state index >= 15 is 0 Å². The molecule has 6 nitrogen and oxygen atoms in total. The maximum Gasteiger partial charge on any atom is 0.312 e. The van der Waals surface area contributed by atoms with Crippen molar-refractivity contribution in [2.24, 2.45) is 5.92 Å². The van der Waals surface area contributed by atoms with Gasteiger partial charge in [0.1, 0.15) is 10.5 Å². The standard InChI is InChI=1S/C17H19N3O3S2/c1-11(2)17(3,10-18)20-14(21)8-23-15(22)7-12-9-25-16(19-12)13-5-4-6-24-13/h4-6,9,11H,7-8H2,1-3H3,(H,20,21)/t17-/m1/s1. The van der Waals surface area contributed by atoms with Crippen LogP contribution in [-0.2, 0) is 20.7 Å². The molecule has 0 spiro atoms. The summed E-state index contributed by atoms with van der Waals surface area (Å²) in [5, 5.41) is 16.4. The molecule has 0 fully saturated rings. The van der Waals surface area contributed by atoms with Crippen molar-refractivity contribution in [2.45, 2.75) is 32.7 Å². The number of esters is 1. The van der Waals surface area contributed by atoms with E-state index in [1.807, 2.05) is 36.7 Å². The quantitative estimate of drug-likeness (QED) is 0.749. The second kappa shape index (κ2) is 8.23. The van der Waals surface area contributed by atoms with Gasteiger partial charge in [-0.2, -0.15) is 5.26 Å². The highest BCUT2D eigenvalue weighted by Crippen LogP contribution is 2.27. The van der Waals surface area contributed by atoms with E-state index in [1.54, 1.807) is 18.3 Å². The Bertz CT molecular complexity index is 777. The Morgan fingerprint density at radius 1 is 1.44 bits per heavy atom. The summed E-state index contributed by atoms with van der Waals surface area (Å²) in [4.78, 5) is 29.2. The van der Waals surface area contributed by atoms with Gasteiger partial charge in [0.15, 0.2) is 6.61 Å². The predicted molar refractivity (Wildman–Crippen MR) is 97.1 cm³/mol. The minimum absolute atomic E-state index is 0.00878. The van der Waals surface area contributed by atoms with Crippen molar-refractivity contribution >= 4 is 34.6 Å². The maximum atomic E-state index is 11.9. The molecule has 1 N–H and O–H groups in total. The molecule has 132 valence electrons. The lowest BCUT2D eigenvalue weighted by Gasteiger charge is -2.27. The molecule has 8 heteroatoms. The zero-order chi connectivity index (χ0) is 18.4. The van der Waals surface area contributed by atoms with E-state index in [-0.39, 0.29) is 12.3 Å². The van der Waals surface area contributed by atoms with E-state index in [0.717, 1.165) is 9.88 Å². The highest BCUT2D eigenvalue weighted by molar-refractivity contribution is 7.20. The van der Waals surface area contributed by atoms with Crippen molar-refractivity contribution in [3.8, 4) is 16.0 Å². The van der Waals surface area contributed by atoms with Gasteiger partial charge >= 0.3 is 5.97 Å². The number of nitriles is 1. The molecule has 0 unspecified atom stereocenters. The normalized spacial score (nSPS) is 13.1. The summed E-state index contributed by atoms with van der Waals surface area (Å²) in [6.07, 6.45) is 0.00878. The van der Waals surface area contributed by atoms with Gasteiger partial charge in [0.25, 0.3) is 5.91 Å². The predicted octanol–water partition coefficient (Wildman–Crippen LogP) is 3.01. The Morgan fingerprint density at radius 2 is 2.20 bits per heavy atom. The zero-order valence-electron chi connectivity index (χ0n) is 14.2. The highest BCUT2D eigenvalue weighted by atomic mass is 32.1. The van der Waals surface area contributed by atoms with Crippen LogP contribution in [0.5, 0.6) is 0 Å². The lowest BCUT2D eigenvalue weighted by atomic mass is 9.90. The number of thiophene rings is 1. The van der Waals surface area contributed by atoms with Crippen molar-refractivity contribution in [1.82, 2.24) is 10.3 Å². The molecular formula is C17H19N3O3S2. The molecule has 2 heterocycles. The number of hydrogen-bond donors (Lipinski definition) is 1. The molecule has 1 atom stereocenters. The number of rotatable bonds is 7. The first-order chi connectivity index (χ1) is 11.8. The number of thiazole rings is 1. The average Bonchev–Trinajstić information content (AvgIpc) is 3.23. The third kappa shape index (κ3) is 5.11. The van der Waals surface area contributed by atoms with Crippen LogP contribution in [0.25, 0.3) is 9.88 Å². The van der Waals surface area contributed by atoms with Crippen molar-refractivity contribution < 1.29 is 14.3 Å². The van der Waals surface area contributed by atoms with Crippen LogP contribution in [0.15, 0.2) is 22.9 Å². The number of ether oxygens (including phenoxy) is 1. The smallest absolute Gasteiger partial charge is 0.312 e. The van der Waals surface area contributed by atoms with Crippen LogP contribution >= 0.6 is 22.7 Å². The first-order valence-electron chi connectivity index (χ1n) is 7.70. The number of nitrogens with one attached hydrogen (secondary N) is 1. The zero-order valence-corrected chi connectivity index (χ0v) is 15.9. The first-order valence-corrected chi connectivity index (χ1v) is 9.46. The molecule has 0 radical (unpaired) electrons. The summed E-state index contributed by atoms with van der Waals surface area (Å²) >= 11 is 3.05. The van der Waals surface area contributed by atoms with Crippen molar-refractivity contribution in [3.05, 3.63) is 28.6 Å². The molecule has 0 saturated carbocycles. The maximum absolute atomic E-state index is 11.9. The van der Waals surface area contributed by atoms with Gasteiger partial charge < -0.3 is 10.1 Å². The number of carbonyl (C=O) groups excluding carboxylic acids is 2. The molecule has 1 amide bonds. The van der Waals surface area contributed by atoms with E-state index in [1.165, 1.54) is 11.3 Å². The topological polar surface area (TPSA) is 92.1 Å². The summed E-state index contributed by atoms with van der Waals surface area (Å²) < 4.78 is 4.98. The van der Waals surface area contributed by atoms with E-state index in [9.17, 15) is 14.9 Å². The fourth-order valence-electron chi connectivity index (χ4n) is 1.87. The lowest BCUT2D eigenvalue weighted by Crippen LogP contribution is -2.50.